The van der Waals surface area contributed by atoms with Crippen molar-refractivity contribution < 1.29 is 0 Å². The molecule has 3 N–H and O–H groups in total. The minimum atomic E-state index is 0.251. The number of thiophene rings is 1. The number of halogens is 2. The predicted octanol–water partition coefficient (Wildman–Crippen LogP) is 6.15. The van der Waals surface area contributed by atoms with Crippen LogP contribution in [-0.2, 0) is 6.54 Å². The first-order valence-electron chi connectivity index (χ1n) is 8.95. The van der Waals surface area contributed by atoms with E-state index >= 15 is 0 Å². The van der Waals surface area contributed by atoms with Gasteiger partial charge in [-0.25, -0.2) is 4.98 Å². The van der Waals surface area contributed by atoms with Crippen LogP contribution < -0.4 is 11.1 Å². The molecule has 0 spiro atoms. The van der Waals surface area contributed by atoms with Gasteiger partial charge in [0.25, 0.3) is 0 Å². The highest BCUT2D eigenvalue weighted by Gasteiger charge is 2.28. The van der Waals surface area contributed by atoms with Gasteiger partial charge < -0.3 is 11.1 Å². The summed E-state index contributed by atoms with van der Waals surface area (Å²) in [6.45, 7) is 0.767. The molecule has 0 saturated heterocycles. The predicted molar refractivity (Wildman–Crippen MR) is 120 cm³/mol. The lowest BCUT2D eigenvalue weighted by molar-refractivity contribution is 0.389. The van der Waals surface area contributed by atoms with Crippen LogP contribution in [-0.4, -0.2) is 11.0 Å². The summed E-state index contributed by atoms with van der Waals surface area (Å²) in [5.74, 6) is 0.440. The Balaban J connectivity index is 1.70. The number of benzene rings is 1. The molecule has 4 rings (SSSR count). The van der Waals surface area contributed by atoms with Crippen LogP contribution in [0.1, 0.15) is 42.0 Å². The fourth-order valence-electron chi connectivity index (χ4n) is 3.67. The number of anilines is 1. The summed E-state index contributed by atoms with van der Waals surface area (Å²) in [5.41, 5.74) is 9.75. The zero-order valence-corrected chi connectivity index (χ0v) is 18.1. The van der Waals surface area contributed by atoms with Crippen LogP contribution in [0.15, 0.2) is 36.4 Å². The molecule has 1 aromatic carbocycles. The van der Waals surface area contributed by atoms with E-state index in [1.54, 1.807) is 0 Å². The van der Waals surface area contributed by atoms with Crippen LogP contribution in [0.2, 0.25) is 5.15 Å². The fourth-order valence-corrected chi connectivity index (χ4v) is 6.51. The average Bonchev–Trinajstić information content (AvgIpc) is 2.98. The second kappa shape index (κ2) is 8.00. The normalized spacial score (nSPS) is 20.4. The van der Waals surface area contributed by atoms with Gasteiger partial charge in [0.1, 0.15) is 5.15 Å². The Hall–Kier alpha value is -0.890. The van der Waals surface area contributed by atoms with E-state index in [-0.39, 0.29) is 6.04 Å². The SMILES string of the molecule is N[C@@H]1CCCC[C@H]1c1sc2c(NCc3ccccc3)cc(Cl)nc2c1I. The van der Waals surface area contributed by atoms with E-state index in [4.69, 9.17) is 17.3 Å². The van der Waals surface area contributed by atoms with Crippen molar-refractivity contribution in [2.75, 3.05) is 5.32 Å². The Morgan fingerprint density at radius 2 is 2.00 bits per heavy atom. The van der Waals surface area contributed by atoms with Crippen molar-refractivity contribution in [3.63, 3.8) is 0 Å². The Bertz CT molecular complexity index is 912. The maximum absolute atomic E-state index is 6.45. The molecule has 1 fully saturated rings. The molecule has 0 bridgehead atoms. The maximum Gasteiger partial charge on any atom is 0.131 e. The summed E-state index contributed by atoms with van der Waals surface area (Å²) >= 11 is 10.6. The lowest BCUT2D eigenvalue weighted by atomic mass is 9.84. The first kappa shape index (κ1) is 18.5. The van der Waals surface area contributed by atoms with Crippen LogP contribution in [0.25, 0.3) is 10.2 Å². The number of aromatic nitrogens is 1. The van der Waals surface area contributed by atoms with Gasteiger partial charge in [0.05, 0.1) is 19.5 Å². The second-order valence-corrected chi connectivity index (χ2v) is 9.36. The van der Waals surface area contributed by atoms with E-state index in [1.807, 2.05) is 23.5 Å². The summed E-state index contributed by atoms with van der Waals surface area (Å²) < 4.78 is 2.40. The summed E-state index contributed by atoms with van der Waals surface area (Å²) in [7, 11) is 0. The van der Waals surface area contributed by atoms with Crippen molar-refractivity contribution in [1.82, 2.24) is 4.98 Å². The number of nitrogens with zero attached hydrogens (tertiary/aromatic N) is 1. The third-order valence-electron chi connectivity index (χ3n) is 5.06. The monoisotopic (exact) mass is 497 g/mol. The third kappa shape index (κ3) is 3.72. The van der Waals surface area contributed by atoms with Gasteiger partial charge in [-0.15, -0.1) is 11.3 Å². The lowest BCUT2D eigenvalue weighted by Crippen LogP contribution is -2.31. The molecule has 6 heteroatoms. The van der Waals surface area contributed by atoms with Crippen LogP contribution >= 0.6 is 45.5 Å². The van der Waals surface area contributed by atoms with Crippen molar-refractivity contribution in [3.8, 4) is 0 Å². The number of nitrogens with two attached hydrogens (primary N) is 1. The Morgan fingerprint density at radius 3 is 2.77 bits per heavy atom. The van der Waals surface area contributed by atoms with E-state index in [1.165, 1.54) is 38.0 Å². The van der Waals surface area contributed by atoms with Gasteiger partial charge in [-0.3, -0.25) is 0 Å². The maximum atomic E-state index is 6.45. The molecule has 3 nitrogen and oxygen atoms in total. The van der Waals surface area contributed by atoms with Crippen LogP contribution in [0.4, 0.5) is 5.69 Å². The molecular weight excluding hydrogens is 477 g/mol. The van der Waals surface area contributed by atoms with Gasteiger partial charge in [-0.1, -0.05) is 54.8 Å². The number of hydrogen-bond donors (Lipinski definition) is 2. The summed E-state index contributed by atoms with van der Waals surface area (Å²) in [5, 5.41) is 4.08. The molecule has 0 aliphatic heterocycles. The first-order chi connectivity index (χ1) is 12.6. The highest BCUT2D eigenvalue weighted by molar-refractivity contribution is 14.1. The van der Waals surface area contributed by atoms with E-state index in [2.05, 4.69) is 57.2 Å². The molecule has 1 saturated carbocycles. The van der Waals surface area contributed by atoms with E-state index in [0.717, 1.165) is 24.2 Å². The molecule has 1 aliphatic carbocycles. The second-order valence-electron chi connectivity index (χ2n) is 6.84. The molecule has 2 aromatic heterocycles. The fraction of sp³-hybridized carbons (Fsp3) is 0.350. The Kier molecular flexibility index (Phi) is 5.69. The minimum absolute atomic E-state index is 0.251. The standard InChI is InChI=1S/C20H21ClIN3S/c21-16-10-15(24-11-12-6-2-1-3-7-12)20-18(25-16)17(22)19(26-20)13-8-4-5-9-14(13)23/h1-3,6-7,10,13-14H,4-5,8-9,11,23H2,(H,24,25)/t13-,14-/m1/s1. The third-order valence-corrected chi connectivity index (χ3v) is 8.06. The van der Waals surface area contributed by atoms with Crippen molar-refractivity contribution in [3.05, 3.63) is 55.6 Å². The topological polar surface area (TPSA) is 50.9 Å². The van der Waals surface area contributed by atoms with Crippen molar-refractivity contribution in [2.24, 2.45) is 5.73 Å². The van der Waals surface area contributed by atoms with Crippen LogP contribution in [0.3, 0.4) is 0 Å². The van der Waals surface area contributed by atoms with Gasteiger partial charge in [0.15, 0.2) is 0 Å². The van der Waals surface area contributed by atoms with Crippen molar-refractivity contribution in [1.29, 1.82) is 0 Å². The number of hydrogen-bond acceptors (Lipinski definition) is 4. The van der Waals surface area contributed by atoms with E-state index in [0.29, 0.717) is 11.1 Å². The van der Waals surface area contributed by atoms with Crippen molar-refractivity contribution >= 4 is 61.4 Å². The average molecular weight is 498 g/mol. The first-order valence-corrected chi connectivity index (χ1v) is 11.2. The quantitative estimate of drug-likeness (QED) is 0.336. The van der Waals surface area contributed by atoms with E-state index < -0.39 is 0 Å². The number of rotatable bonds is 4. The van der Waals surface area contributed by atoms with Crippen LogP contribution in [0, 0.1) is 3.57 Å². The summed E-state index contributed by atoms with van der Waals surface area (Å²) in [6.07, 6.45) is 4.79. The molecule has 2 atom stereocenters. The molecule has 0 amide bonds. The van der Waals surface area contributed by atoms with Crippen LogP contribution in [0.5, 0.6) is 0 Å². The number of nitrogens with one attached hydrogen (secondary N) is 1. The van der Waals surface area contributed by atoms with Gasteiger partial charge in [0.2, 0.25) is 0 Å². The van der Waals surface area contributed by atoms with Gasteiger partial charge in [0, 0.05) is 29.4 Å². The molecule has 26 heavy (non-hydrogen) atoms. The highest BCUT2D eigenvalue weighted by Crippen LogP contribution is 2.44. The zero-order valence-electron chi connectivity index (χ0n) is 14.3. The summed E-state index contributed by atoms with van der Waals surface area (Å²) in [6, 6.07) is 12.6. The van der Waals surface area contributed by atoms with E-state index in [9.17, 15) is 0 Å². The molecule has 0 unspecified atom stereocenters. The molecular formula is C20H21ClIN3S. The minimum Gasteiger partial charge on any atom is -0.380 e. The molecule has 136 valence electrons. The zero-order chi connectivity index (χ0) is 18.1. The van der Waals surface area contributed by atoms with Gasteiger partial charge >= 0.3 is 0 Å². The molecule has 2 heterocycles. The van der Waals surface area contributed by atoms with Gasteiger partial charge in [-0.05, 0) is 41.0 Å². The largest absolute Gasteiger partial charge is 0.380 e. The number of pyridine rings is 1. The smallest absolute Gasteiger partial charge is 0.131 e. The summed E-state index contributed by atoms with van der Waals surface area (Å²) in [4.78, 5) is 6.00. The molecule has 0 radical (unpaired) electrons. The van der Waals surface area contributed by atoms with Gasteiger partial charge in [-0.2, -0.15) is 0 Å². The molecule has 3 aromatic rings. The highest BCUT2D eigenvalue weighted by atomic mass is 127. The lowest BCUT2D eigenvalue weighted by Gasteiger charge is -2.28. The number of fused-ring (bicyclic) bond motifs is 1. The molecule has 1 aliphatic rings. The van der Waals surface area contributed by atoms with Crippen molar-refractivity contribution in [2.45, 2.75) is 44.2 Å². The Morgan fingerprint density at radius 1 is 1.23 bits per heavy atom. The Labute approximate surface area is 176 Å².